The van der Waals surface area contributed by atoms with Crippen LogP contribution in [-0.2, 0) is 4.79 Å². The second kappa shape index (κ2) is 8.51. The molecule has 1 atom stereocenters. The monoisotopic (exact) mass is 240 g/mol. The molecule has 100 valence electrons. The van der Waals surface area contributed by atoms with E-state index in [4.69, 9.17) is 5.73 Å². The van der Waals surface area contributed by atoms with Gasteiger partial charge in [-0.15, -0.1) is 0 Å². The van der Waals surface area contributed by atoms with Gasteiger partial charge in [-0.1, -0.05) is 39.0 Å². The highest BCUT2D eigenvalue weighted by atomic mass is 16.1. The number of nitrogens with two attached hydrogens (primary N) is 1. The van der Waals surface area contributed by atoms with Gasteiger partial charge < -0.3 is 11.1 Å². The number of amides is 1. The molecule has 1 aliphatic rings. The Morgan fingerprint density at radius 3 is 2.65 bits per heavy atom. The summed E-state index contributed by atoms with van der Waals surface area (Å²) in [4.78, 5) is 11.9. The first-order valence-corrected chi connectivity index (χ1v) is 7.25. The van der Waals surface area contributed by atoms with Crippen LogP contribution in [-0.4, -0.2) is 18.5 Å². The quantitative estimate of drug-likeness (QED) is 0.718. The van der Waals surface area contributed by atoms with Gasteiger partial charge in [0.2, 0.25) is 5.91 Å². The molecule has 1 unspecified atom stereocenters. The van der Waals surface area contributed by atoms with Crippen molar-refractivity contribution in [3.05, 3.63) is 0 Å². The molecule has 0 aromatic rings. The van der Waals surface area contributed by atoms with E-state index in [0.717, 1.165) is 19.3 Å². The molecule has 1 rings (SSSR count). The predicted molar refractivity (Wildman–Crippen MR) is 71.7 cm³/mol. The molecule has 3 heteroatoms. The fourth-order valence-corrected chi connectivity index (χ4v) is 2.64. The molecule has 0 radical (unpaired) electrons. The van der Waals surface area contributed by atoms with Crippen LogP contribution in [0.15, 0.2) is 0 Å². The van der Waals surface area contributed by atoms with Gasteiger partial charge in [-0.2, -0.15) is 0 Å². The number of carbonyl (C=O) groups excluding carboxylic acids is 1. The molecule has 1 amide bonds. The second-order valence-electron chi connectivity index (χ2n) is 5.35. The Hall–Kier alpha value is -0.570. The lowest BCUT2D eigenvalue weighted by atomic mass is 9.87. The van der Waals surface area contributed by atoms with Gasteiger partial charge in [0.25, 0.3) is 0 Å². The predicted octanol–water partition coefficient (Wildman–Crippen LogP) is 2.59. The van der Waals surface area contributed by atoms with E-state index in [1.807, 2.05) is 0 Å². The molecular weight excluding hydrogens is 212 g/mol. The van der Waals surface area contributed by atoms with E-state index in [1.165, 1.54) is 32.1 Å². The van der Waals surface area contributed by atoms with E-state index in [9.17, 15) is 4.79 Å². The summed E-state index contributed by atoms with van der Waals surface area (Å²) >= 11 is 0. The van der Waals surface area contributed by atoms with Gasteiger partial charge >= 0.3 is 0 Å². The highest BCUT2D eigenvalue weighted by Gasteiger charge is 2.18. The summed E-state index contributed by atoms with van der Waals surface area (Å²) in [6, 6.07) is 0.186. The summed E-state index contributed by atoms with van der Waals surface area (Å²) in [5.41, 5.74) is 5.68. The summed E-state index contributed by atoms with van der Waals surface area (Å²) in [6.07, 6.45) is 10.4. The first-order chi connectivity index (χ1) is 8.26. The summed E-state index contributed by atoms with van der Waals surface area (Å²) in [7, 11) is 0. The lowest BCUT2D eigenvalue weighted by molar-refractivity contribution is -0.122. The van der Waals surface area contributed by atoms with Crippen molar-refractivity contribution in [3.8, 4) is 0 Å². The zero-order chi connectivity index (χ0) is 12.5. The third kappa shape index (κ3) is 6.06. The highest BCUT2D eigenvalue weighted by molar-refractivity contribution is 5.76. The molecule has 0 saturated heterocycles. The molecule has 1 saturated carbocycles. The van der Waals surface area contributed by atoms with Crippen LogP contribution in [0.5, 0.6) is 0 Å². The normalized spacial score (nSPS) is 18.9. The van der Waals surface area contributed by atoms with Crippen LogP contribution in [0.3, 0.4) is 0 Å². The van der Waals surface area contributed by atoms with Gasteiger partial charge in [0.1, 0.15) is 0 Å². The molecule has 0 aromatic heterocycles. The summed E-state index contributed by atoms with van der Waals surface area (Å²) in [5.74, 6) is 0.830. The Kier molecular flexibility index (Phi) is 7.25. The minimum atomic E-state index is 0.186. The van der Waals surface area contributed by atoms with E-state index < -0.39 is 0 Å². The topological polar surface area (TPSA) is 55.1 Å². The smallest absolute Gasteiger partial charge is 0.220 e. The van der Waals surface area contributed by atoms with Crippen LogP contribution in [0, 0.1) is 5.92 Å². The van der Waals surface area contributed by atoms with Crippen LogP contribution < -0.4 is 11.1 Å². The van der Waals surface area contributed by atoms with E-state index >= 15 is 0 Å². The Labute approximate surface area is 106 Å². The molecule has 0 spiro atoms. The number of carbonyl (C=O) groups is 1. The van der Waals surface area contributed by atoms with Gasteiger partial charge in [0.05, 0.1) is 0 Å². The minimum absolute atomic E-state index is 0.186. The molecular formula is C14H28N2O. The van der Waals surface area contributed by atoms with Gasteiger partial charge in [-0.25, -0.2) is 0 Å². The van der Waals surface area contributed by atoms with Crippen molar-refractivity contribution in [1.82, 2.24) is 5.32 Å². The Bertz CT molecular complexity index is 212. The average molecular weight is 240 g/mol. The molecule has 1 aliphatic carbocycles. The molecule has 0 heterocycles. The van der Waals surface area contributed by atoms with Crippen LogP contribution in [0.4, 0.5) is 0 Å². The molecule has 17 heavy (non-hydrogen) atoms. The fourth-order valence-electron chi connectivity index (χ4n) is 2.64. The summed E-state index contributed by atoms with van der Waals surface area (Å²) < 4.78 is 0. The maximum absolute atomic E-state index is 11.9. The Morgan fingerprint density at radius 2 is 2.06 bits per heavy atom. The van der Waals surface area contributed by atoms with Crippen molar-refractivity contribution in [2.75, 3.05) is 6.54 Å². The molecule has 0 aliphatic heterocycles. The number of nitrogens with one attached hydrogen (secondary N) is 1. The van der Waals surface area contributed by atoms with Gasteiger partial charge in [-0.05, 0) is 25.2 Å². The zero-order valence-corrected chi connectivity index (χ0v) is 11.2. The number of hydrogen-bond acceptors (Lipinski definition) is 2. The molecule has 3 nitrogen and oxygen atoms in total. The van der Waals surface area contributed by atoms with Crippen molar-refractivity contribution >= 4 is 5.91 Å². The van der Waals surface area contributed by atoms with Crippen LogP contribution in [0.1, 0.15) is 64.7 Å². The first kappa shape index (κ1) is 14.5. The minimum Gasteiger partial charge on any atom is -0.352 e. The molecule has 3 N–H and O–H groups in total. The largest absolute Gasteiger partial charge is 0.352 e. The van der Waals surface area contributed by atoms with Crippen molar-refractivity contribution < 1.29 is 4.79 Å². The average Bonchev–Trinajstić information content (AvgIpc) is 2.35. The van der Waals surface area contributed by atoms with Gasteiger partial charge in [-0.3, -0.25) is 4.79 Å². The zero-order valence-electron chi connectivity index (χ0n) is 11.2. The van der Waals surface area contributed by atoms with E-state index in [1.54, 1.807) is 0 Å². The van der Waals surface area contributed by atoms with Crippen molar-refractivity contribution in [3.63, 3.8) is 0 Å². The number of rotatable bonds is 7. The maximum Gasteiger partial charge on any atom is 0.220 e. The van der Waals surface area contributed by atoms with Crippen molar-refractivity contribution in [1.29, 1.82) is 0 Å². The second-order valence-corrected chi connectivity index (χ2v) is 5.35. The third-order valence-corrected chi connectivity index (χ3v) is 3.75. The fraction of sp³-hybridized carbons (Fsp3) is 0.929. The van der Waals surface area contributed by atoms with Gasteiger partial charge in [0, 0.05) is 19.0 Å². The van der Waals surface area contributed by atoms with Crippen LogP contribution >= 0.6 is 0 Å². The number of hydrogen-bond donors (Lipinski definition) is 2. The Balaban J connectivity index is 2.21. The lowest BCUT2D eigenvalue weighted by Gasteiger charge is -2.23. The molecule has 1 fully saturated rings. The summed E-state index contributed by atoms with van der Waals surface area (Å²) in [6.45, 7) is 2.73. The lowest BCUT2D eigenvalue weighted by Crippen LogP contribution is -2.40. The molecule has 0 bridgehead atoms. The van der Waals surface area contributed by atoms with Crippen molar-refractivity contribution in [2.24, 2.45) is 11.7 Å². The highest BCUT2D eigenvalue weighted by Crippen LogP contribution is 2.26. The van der Waals surface area contributed by atoms with E-state index in [2.05, 4.69) is 12.2 Å². The molecule has 0 aromatic carbocycles. The van der Waals surface area contributed by atoms with Crippen molar-refractivity contribution in [2.45, 2.75) is 70.8 Å². The van der Waals surface area contributed by atoms with Gasteiger partial charge in [0.15, 0.2) is 0 Å². The van der Waals surface area contributed by atoms with E-state index in [-0.39, 0.29) is 11.9 Å². The SMILES string of the molecule is CCCCC(CN)NC(=O)CC1CCCCC1. The maximum atomic E-state index is 11.9. The van der Waals surface area contributed by atoms with Crippen LogP contribution in [0.25, 0.3) is 0 Å². The first-order valence-electron chi connectivity index (χ1n) is 7.25. The summed E-state index contributed by atoms with van der Waals surface area (Å²) in [5, 5.41) is 3.08. The Morgan fingerprint density at radius 1 is 1.35 bits per heavy atom. The third-order valence-electron chi connectivity index (χ3n) is 3.75. The standard InChI is InChI=1S/C14H28N2O/c1-2-3-9-13(11-15)16-14(17)10-12-7-5-4-6-8-12/h12-13H,2-11,15H2,1H3,(H,16,17). The van der Waals surface area contributed by atoms with Crippen LogP contribution in [0.2, 0.25) is 0 Å². The number of unbranched alkanes of at least 4 members (excludes halogenated alkanes) is 1. The van der Waals surface area contributed by atoms with E-state index in [0.29, 0.717) is 18.9 Å².